The summed E-state index contributed by atoms with van der Waals surface area (Å²) in [5.41, 5.74) is 9.50. The molecule has 1 aromatic carbocycles. The van der Waals surface area contributed by atoms with E-state index < -0.39 is 0 Å². The van der Waals surface area contributed by atoms with Gasteiger partial charge in [0.25, 0.3) is 0 Å². The maximum atomic E-state index is 6.03. The molecule has 0 saturated heterocycles. The normalized spacial score (nSPS) is 11.2. The average Bonchev–Trinajstić information content (AvgIpc) is 2.50. The first-order valence-electron chi connectivity index (χ1n) is 5.58. The zero-order valence-corrected chi connectivity index (χ0v) is 10.5. The van der Waals surface area contributed by atoms with E-state index in [-0.39, 0.29) is 0 Å². The van der Waals surface area contributed by atoms with Crippen molar-refractivity contribution in [3.05, 3.63) is 34.5 Å². The van der Waals surface area contributed by atoms with E-state index in [4.69, 9.17) is 17.3 Å². The van der Waals surface area contributed by atoms with Crippen LogP contribution in [0.4, 0.5) is 0 Å². The molecule has 0 aliphatic heterocycles. The van der Waals surface area contributed by atoms with Crippen LogP contribution in [0.25, 0.3) is 10.9 Å². The molecule has 2 rings (SSSR count). The lowest BCUT2D eigenvalue weighted by molar-refractivity contribution is 0.760. The number of nitrogens with two attached hydrogens (primary N) is 1. The molecule has 0 unspecified atom stereocenters. The van der Waals surface area contributed by atoms with Crippen molar-refractivity contribution in [1.29, 1.82) is 0 Å². The first-order valence-corrected chi connectivity index (χ1v) is 5.96. The van der Waals surface area contributed by atoms with Crippen LogP contribution < -0.4 is 5.73 Å². The first-order chi connectivity index (χ1) is 7.65. The van der Waals surface area contributed by atoms with E-state index in [1.54, 1.807) is 0 Å². The van der Waals surface area contributed by atoms with Crippen LogP contribution in [-0.2, 0) is 13.5 Å². The number of aromatic nitrogens is 1. The third-order valence-electron chi connectivity index (χ3n) is 3.18. The monoisotopic (exact) mass is 236 g/mol. The average molecular weight is 237 g/mol. The van der Waals surface area contributed by atoms with Crippen LogP contribution in [0.1, 0.15) is 17.7 Å². The molecule has 1 heterocycles. The van der Waals surface area contributed by atoms with Gasteiger partial charge in [0, 0.05) is 28.7 Å². The van der Waals surface area contributed by atoms with Crippen LogP contribution in [0.3, 0.4) is 0 Å². The molecule has 0 amide bonds. The van der Waals surface area contributed by atoms with Gasteiger partial charge in [0.15, 0.2) is 0 Å². The summed E-state index contributed by atoms with van der Waals surface area (Å²) >= 11 is 6.03. The summed E-state index contributed by atoms with van der Waals surface area (Å²) < 4.78 is 2.25. The number of hydrogen-bond donors (Lipinski definition) is 1. The molecule has 0 radical (unpaired) electrons. The van der Waals surface area contributed by atoms with Crippen LogP contribution in [0.5, 0.6) is 0 Å². The fourth-order valence-electron chi connectivity index (χ4n) is 2.28. The third-order valence-corrected chi connectivity index (χ3v) is 3.41. The topological polar surface area (TPSA) is 30.9 Å². The molecule has 86 valence electrons. The lowest BCUT2D eigenvalue weighted by Gasteiger charge is -2.04. The van der Waals surface area contributed by atoms with Gasteiger partial charge in [0.05, 0.1) is 0 Å². The Morgan fingerprint density at radius 3 is 2.81 bits per heavy atom. The second-order valence-electron chi connectivity index (χ2n) is 4.18. The fraction of sp³-hybridized carbons (Fsp3) is 0.385. The Balaban J connectivity index is 2.57. The van der Waals surface area contributed by atoms with Gasteiger partial charge in [-0.05, 0) is 50.1 Å². The standard InChI is InChI=1S/C13H17ClN2/c1-9-11-8-10(14)5-6-13(11)16(2)12(9)4-3-7-15/h5-6,8H,3-4,7,15H2,1-2H3. The Labute approximate surface area is 101 Å². The summed E-state index contributed by atoms with van der Waals surface area (Å²) in [6, 6.07) is 6.06. The van der Waals surface area contributed by atoms with Crippen molar-refractivity contribution in [1.82, 2.24) is 4.57 Å². The number of fused-ring (bicyclic) bond motifs is 1. The molecule has 0 spiro atoms. The molecule has 2 nitrogen and oxygen atoms in total. The summed E-state index contributed by atoms with van der Waals surface area (Å²) in [6.07, 6.45) is 2.06. The van der Waals surface area contributed by atoms with E-state index in [1.165, 1.54) is 22.2 Å². The van der Waals surface area contributed by atoms with E-state index in [1.807, 2.05) is 12.1 Å². The molecule has 2 aromatic rings. The van der Waals surface area contributed by atoms with E-state index in [0.29, 0.717) is 0 Å². The highest BCUT2D eigenvalue weighted by atomic mass is 35.5. The third kappa shape index (κ3) is 1.83. The summed E-state index contributed by atoms with van der Waals surface area (Å²) in [4.78, 5) is 0. The number of halogens is 1. The number of aryl methyl sites for hydroxylation is 2. The molecule has 0 atom stereocenters. The smallest absolute Gasteiger partial charge is 0.0483 e. The summed E-state index contributed by atoms with van der Waals surface area (Å²) in [5, 5.41) is 2.05. The first kappa shape index (κ1) is 11.5. The van der Waals surface area contributed by atoms with Crippen LogP contribution in [-0.4, -0.2) is 11.1 Å². The lowest BCUT2D eigenvalue weighted by Crippen LogP contribution is -2.04. The van der Waals surface area contributed by atoms with Gasteiger partial charge in [-0.3, -0.25) is 0 Å². The maximum Gasteiger partial charge on any atom is 0.0483 e. The van der Waals surface area contributed by atoms with Crippen molar-refractivity contribution in [2.24, 2.45) is 12.8 Å². The molecule has 0 bridgehead atoms. The summed E-state index contributed by atoms with van der Waals surface area (Å²) in [5.74, 6) is 0. The minimum atomic E-state index is 0.738. The van der Waals surface area contributed by atoms with Crippen LogP contribution in [0.2, 0.25) is 5.02 Å². The second-order valence-corrected chi connectivity index (χ2v) is 4.62. The highest BCUT2D eigenvalue weighted by Crippen LogP contribution is 2.27. The van der Waals surface area contributed by atoms with Crippen molar-refractivity contribution >= 4 is 22.5 Å². The zero-order valence-electron chi connectivity index (χ0n) is 9.76. The number of nitrogens with zero attached hydrogens (tertiary/aromatic N) is 1. The van der Waals surface area contributed by atoms with Crippen LogP contribution in [0.15, 0.2) is 18.2 Å². The minimum absolute atomic E-state index is 0.738. The van der Waals surface area contributed by atoms with Crippen molar-refractivity contribution < 1.29 is 0 Å². The van der Waals surface area contributed by atoms with Gasteiger partial charge in [-0.2, -0.15) is 0 Å². The fourth-order valence-corrected chi connectivity index (χ4v) is 2.45. The Kier molecular flexibility index (Phi) is 3.22. The number of rotatable bonds is 3. The lowest BCUT2D eigenvalue weighted by atomic mass is 10.1. The van der Waals surface area contributed by atoms with Gasteiger partial charge >= 0.3 is 0 Å². The Morgan fingerprint density at radius 1 is 1.38 bits per heavy atom. The Hall–Kier alpha value is -0.990. The van der Waals surface area contributed by atoms with Gasteiger partial charge in [0.2, 0.25) is 0 Å². The molecule has 1 aromatic heterocycles. The maximum absolute atomic E-state index is 6.03. The van der Waals surface area contributed by atoms with Gasteiger partial charge in [-0.25, -0.2) is 0 Å². The zero-order chi connectivity index (χ0) is 11.7. The van der Waals surface area contributed by atoms with Crippen molar-refractivity contribution in [3.63, 3.8) is 0 Å². The largest absolute Gasteiger partial charge is 0.347 e. The SMILES string of the molecule is Cc1c(CCCN)n(C)c2ccc(Cl)cc12. The van der Waals surface area contributed by atoms with E-state index in [2.05, 4.69) is 24.6 Å². The van der Waals surface area contributed by atoms with Crippen molar-refractivity contribution in [2.45, 2.75) is 19.8 Å². The van der Waals surface area contributed by atoms with Crippen LogP contribution >= 0.6 is 11.6 Å². The predicted octanol–water partition coefficient (Wildman–Crippen LogP) is 3.03. The molecule has 0 aliphatic rings. The quantitative estimate of drug-likeness (QED) is 0.873. The van der Waals surface area contributed by atoms with Crippen molar-refractivity contribution in [2.75, 3.05) is 6.54 Å². The highest BCUT2D eigenvalue weighted by Gasteiger charge is 2.11. The second kappa shape index (κ2) is 4.48. The highest BCUT2D eigenvalue weighted by molar-refractivity contribution is 6.31. The van der Waals surface area contributed by atoms with Gasteiger partial charge < -0.3 is 10.3 Å². The van der Waals surface area contributed by atoms with E-state index >= 15 is 0 Å². The van der Waals surface area contributed by atoms with Gasteiger partial charge in [-0.1, -0.05) is 11.6 Å². The molecule has 2 N–H and O–H groups in total. The summed E-state index contributed by atoms with van der Waals surface area (Å²) in [7, 11) is 2.11. The van der Waals surface area contributed by atoms with Crippen LogP contribution in [0, 0.1) is 6.92 Å². The van der Waals surface area contributed by atoms with Gasteiger partial charge in [-0.15, -0.1) is 0 Å². The van der Waals surface area contributed by atoms with Gasteiger partial charge in [0.1, 0.15) is 0 Å². The molecule has 3 heteroatoms. The molecular weight excluding hydrogens is 220 g/mol. The molecular formula is C13H17ClN2. The number of hydrogen-bond acceptors (Lipinski definition) is 1. The Bertz CT molecular complexity index is 514. The van der Waals surface area contributed by atoms with Crippen molar-refractivity contribution in [3.8, 4) is 0 Å². The molecule has 0 saturated carbocycles. The molecule has 0 aliphatic carbocycles. The minimum Gasteiger partial charge on any atom is -0.347 e. The number of benzene rings is 1. The molecule has 0 fully saturated rings. The van der Waals surface area contributed by atoms with E-state index in [0.717, 1.165) is 24.4 Å². The van der Waals surface area contributed by atoms with E-state index in [9.17, 15) is 0 Å². The molecule has 16 heavy (non-hydrogen) atoms. The Morgan fingerprint density at radius 2 is 2.12 bits per heavy atom. The summed E-state index contributed by atoms with van der Waals surface area (Å²) in [6.45, 7) is 2.90. The predicted molar refractivity (Wildman–Crippen MR) is 70.0 cm³/mol.